The summed E-state index contributed by atoms with van der Waals surface area (Å²) in [5.41, 5.74) is 4.91. The van der Waals surface area contributed by atoms with Crippen LogP contribution in [0.4, 0.5) is 5.69 Å². The lowest BCUT2D eigenvalue weighted by Gasteiger charge is -2.37. The molecule has 1 fully saturated rings. The number of benzene rings is 1. The fraction of sp³-hybridized carbons (Fsp3) is 0.400. The lowest BCUT2D eigenvalue weighted by molar-refractivity contribution is 0.387. The van der Waals surface area contributed by atoms with Crippen LogP contribution in [-0.4, -0.2) is 48.9 Å². The normalized spacial score (nSPS) is 15.8. The minimum Gasteiger partial charge on any atom is -0.367 e. The number of aliphatic imine (C=N–C) groups is 1. The summed E-state index contributed by atoms with van der Waals surface area (Å²) >= 11 is 0. The summed E-state index contributed by atoms with van der Waals surface area (Å²) in [6.45, 7) is 10.3. The van der Waals surface area contributed by atoms with Crippen molar-refractivity contribution in [3.05, 3.63) is 47.7 Å². The van der Waals surface area contributed by atoms with Gasteiger partial charge in [-0.2, -0.15) is 0 Å². The van der Waals surface area contributed by atoms with Gasteiger partial charge in [0.25, 0.3) is 0 Å². The Morgan fingerprint density at radius 3 is 2.54 bits per heavy atom. The lowest BCUT2D eigenvalue weighted by Crippen LogP contribution is -2.48. The van der Waals surface area contributed by atoms with Gasteiger partial charge < -0.3 is 9.80 Å². The van der Waals surface area contributed by atoms with Crippen LogP contribution in [0, 0.1) is 6.92 Å². The van der Waals surface area contributed by atoms with E-state index in [2.05, 4.69) is 70.9 Å². The molecule has 0 amide bonds. The zero-order chi connectivity index (χ0) is 17.1. The van der Waals surface area contributed by atoms with Crippen molar-refractivity contribution in [2.24, 2.45) is 4.99 Å². The molecule has 0 unspecified atom stereocenters. The third kappa shape index (κ3) is 3.42. The van der Waals surface area contributed by atoms with Crippen molar-refractivity contribution in [1.82, 2.24) is 9.88 Å². The van der Waals surface area contributed by atoms with Crippen LogP contribution in [0.3, 0.4) is 0 Å². The van der Waals surface area contributed by atoms with Crippen LogP contribution >= 0.6 is 0 Å². The molecule has 126 valence electrons. The molecule has 2 aromatic rings. The molecule has 1 aliphatic heterocycles. The van der Waals surface area contributed by atoms with Crippen molar-refractivity contribution < 1.29 is 0 Å². The van der Waals surface area contributed by atoms with Gasteiger partial charge in [-0.25, -0.2) is 0 Å². The fourth-order valence-electron chi connectivity index (χ4n) is 3.25. The molecule has 1 saturated heterocycles. The number of hydrogen-bond acceptors (Lipinski definition) is 3. The van der Waals surface area contributed by atoms with E-state index in [1.54, 1.807) is 0 Å². The van der Waals surface area contributed by atoms with Crippen LogP contribution in [-0.2, 0) is 0 Å². The molecular formula is C20H26N4. The molecule has 0 aliphatic carbocycles. The molecule has 4 nitrogen and oxygen atoms in total. The standard InChI is InChI=1S/C20H26N4/c1-15(2)13-20(21-4)24-11-9-23(10-12-24)19-7-8-22-18-14-16(3)5-6-17(18)19/h5-8,13-14H,9-12H2,1-4H3. The first-order chi connectivity index (χ1) is 11.6. The van der Waals surface area contributed by atoms with Crippen molar-refractivity contribution in [2.45, 2.75) is 20.8 Å². The Labute approximate surface area is 144 Å². The summed E-state index contributed by atoms with van der Waals surface area (Å²) in [4.78, 5) is 13.8. The topological polar surface area (TPSA) is 31.7 Å². The first kappa shape index (κ1) is 16.5. The number of fused-ring (bicyclic) bond motifs is 1. The maximum absolute atomic E-state index is 4.52. The van der Waals surface area contributed by atoms with Crippen LogP contribution in [0.25, 0.3) is 10.9 Å². The van der Waals surface area contributed by atoms with Crippen LogP contribution in [0.15, 0.2) is 47.1 Å². The van der Waals surface area contributed by atoms with E-state index in [4.69, 9.17) is 0 Å². The molecule has 0 radical (unpaired) electrons. The van der Waals surface area contributed by atoms with Crippen molar-refractivity contribution in [2.75, 3.05) is 38.1 Å². The smallest absolute Gasteiger partial charge is 0.123 e. The summed E-state index contributed by atoms with van der Waals surface area (Å²) in [5.74, 6) is 1.09. The minimum absolute atomic E-state index is 0.992. The van der Waals surface area contributed by atoms with Crippen LogP contribution in [0.2, 0.25) is 0 Å². The van der Waals surface area contributed by atoms with Gasteiger partial charge >= 0.3 is 0 Å². The van der Waals surface area contributed by atoms with Gasteiger partial charge in [-0.15, -0.1) is 0 Å². The van der Waals surface area contributed by atoms with Crippen molar-refractivity contribution >= 4 is 22.4 Å². The zero-order valence-electron chi connectivity index (χ0n) is 15.1. The van der Waals surface area contributed by atoms with Gasteiger partial charge in [-0.3, -0.25) is 9.98 Å². The molecule has 0 spiro atoms. The maximum Gasteiger partial charge on any atom is 0.123 e. The van der Waals surface area contributed by atoms with E-state index in [-0.39, 0.29) is 0 Å². The molecule has 2 heterocycles. The molecule has 0 atom stereocenters. The van der Waals surface area contributed by atoms with Gasteiger partial charge in [-0.05, 0) is 44.5 Å². The molecule has 4 heteroatoms. The molecule has 24 heavy (non-hydrogen) atoms. The highest BCUT2D eigenvalue weighted by molar-refractivity contribution is 5.94. The Balaban J connectivity index is 1.79. The van der Waals surface area contributed by atoms with Gasteiger partial charge in [0.05, 0.1) is 5.52 Å². The Morgan fingerprint density at radius 1 is 1.12 bits per heavy atom. The number of anilines is 1. The quantitative estimate of drug-likeness (QED) is 0.625. The van der Waals surface area contributed by atoms with E-state index < -0.39 is 0 Å². The number of aryl methyl sites for hydroxylation is 1. The molecule has 3 rings (SSSR count). The van der Waals surface area contributed by atoms with Gasteiger partial charge in [0.2, 0.25) is 0 Å². The molecule has 1 aromatic heterocycles. The predicted molar refractivity (Wildman–Crippen MR) is 103 cm³/mol. The maximum atomic E-state index is 4.52. The van der Waals surface area contributed by atoms with Crippen molar-refractivity contribution in [3.8, 4) is 0 Å². The second-order valence-electron chi connectivity index (χ2n) is 6.63. The summed E-state index contributed by atoms with van der Waals surface area (Å²) < 4.78 is 0. The molecule has 0 saturated carbocycles. The second-order valence-corrected chi connectivity index (χ2v) is 6.63. The summed E-state index contributed by atoms with van der Waals surface area (Å²) in [6, 6.07) is 8.66. The highest BCUT2D eigenvalue weighted by Crippen LogP contribution is 2.27. The fourth-order valence-corrected chi connectivity index (χ4v) is 3.25. The third-order valence-electron chi connectivity index (χ3n) is 4.47. The van der Waals surface area contributed by atoms with Crippen LogP contribution in [0.5, 0.6) is 0 Å². The van der Waals surface area contributed by atoms with E-state index in [0.717, 1.165) is 37.5 Å². The molecular weight excluding hydrogens is 296 g/mol. The van der Waals surface area contributed by atoms with Crippen molar-refractivity contribution in [3.63, 3.8) is 0 Å². The van der Waals surface area contributed by atoms with E-state index in [0.29, 0.717) is 0 Å². The Bertz CT molecular complexity index is 779. The number of aromatic nitrogens is 1. The second kappa shape index (κ2) is 7.04. The predicted octanol–water partition coefficient (Wildman–Crippen LogP) is 3.66. The lowest BCUT2D eigenvalue weighted by atomic mass is 10.1. The van der Waals surface area contributed by atoms with Crippen molar-refractivity contribution in [1.29, 1.82) is 0 Å². The van der Waals surface area contributed by atoms with Gasteiger partial charge in [0.1, 0.15) is 5.84 Å². The number of allylic oxidation sites excluding steroid dienone is 1. The van der Waals surface area contributed by atoms with Gasteiger partial charge in [0.15, 0.2) is 0 Å². The van der Waals surface area contributed by atoms with Crippen LogP contribution in [0.1, 0.15) is 19.4 Å². The third-order valence-corrected chi connectivity index (χ3v) is 4.47. The average molecular weight is 322 g/mol. The van der Waals surface area contributed by atoms with E-state index in [1.807, 2.05) is 13.2 Å². The van der Waals surface area contributed by atoms with E-state index in [9.17, 15) is 0 Å². The molecule has 0 bridgehead atoms. The number of amidine groups is 1. The number of nitrogens with zero attached hydrogens (tertiary/aromatic N) is 4. The highest BCUT2D eigenvalue weighted by atomic mass is 15.3. The molecule has 0 N–H and O–H groups in total. The SMILES string of the molecule is CN=C(C=C(C)C)N1CCN(c2ccnc3cc(C)ccc23)CC1. The number of pyridine rings is 1. The first-order valence-electron chi connectivity index (χ1n) is 8.55. The summed E-state index contributed by atoms with van der Waals surface area (Å²) in [6.07, 6.45) is 4.09. The molecule has 1 aromatic carbocycles. The highest BCUT2D eigenvalue weighted by Gasteiger charge is 2.20. The Kier molecular flexibility index (Phi) is 4.84. The monoisotopic (exact) mass is 322 g/mol. The number of piperazine rings is 1. The van der Waals surface area contributed by atoms with Gasteiger partial charge in [0, 0.05) is 50.5 Å². The van der Waals surface area contributed by atoms with E-state index >= 15 is 0 Å². The average Bonchev–Trinajstić information content (AvgIpc) is 2.59. The summed E-state index contributed by atoms with van der Waals surface area (Å²) in [5, 5.41) is 1.24. The number of rotatable bonds is 2. The summed E-state index contributed by atoms with van der Waals surface area (Å²) in [7, 11) is 1.87. The molecule has 1 aliphatic rings. The minimum atomic E-state index is 0.992. The Hall–Kier alpha value is -2.36. The van der Waals surface area contributed by atoms with Crippen LogP contribution < -0.4 is 4.90 Å². The Morgan fingerprint density at radius 2 is 1.88 bits per heavy atom. The first-order valence-corrected chi connectivity index (χ1v) is 8.55. The van der Waals surface area contributed by atoms with Gasteiger partial charge in [-0.1, -0.05) is 17.7 Å². The number of hydrogen-bond donors (Lipinski definition) is 0. The zero-order valence-corrected chi connectivity index (χ0v) is 15.1. The van der Waals surface area contributed by atoms with E-state index in [1.165, 1.54) is 22.2 Å². The largest absolute Gasteiger partial charge is 0.367 e.